The van der Waals surface area contributed by atoms with E-state index in [9.17, 15) is 0 Å². The van der Waals surface area contributed by atoms with Crippen molar-refractivity contribution >= 4 is 16.6 Å². The van der Waals surface area contributed by atoms with Crippen LogP contribution in [0, 0.1) is 11.3 Å². The topological polar surface area (TPSA) is 58.4 Å². The molecule has 4 rings (SSSR count). The first-order valence-corrected chi connectivity index (χ1v) is 7.19. The van der Waals surface area contributed by atoms with Crippen molar-refractivity contribution in [2.75, 3.05) is 18.2 Å². The lowest BCUT2D eigenvalue weighted by Crippen LogP contribution is -2.27. The number of nitrogens with zero attached hydrogens (tertiary/aromatic N) is 3. The maximum atomic E-state index is 8.87. The predicted molar refractivity (Wildman–Crippen MR) is 78.5 cm³/mol. The average Bonchev–Trinajstić information content (AvgIpc) is 3.24. The minimum atomic E-state index is 0.273. The molecule has 0 radical (unpaired) electrons. The van der Waals surface area contributed by atoms with Gasteiger partial charge < -0.3 is 14.4 Å². The molecule has 1 aliphatic heterocycles. The normalized spacial score (nSPS) is 16.0. The number of hydrogen-bond acceptors (Lipinski definition) is 5. The summed E-state index contributed by atoms with van der Waals surface area (Å²) in [6.07, 6.45) is 4.68. The van der Waals surface area contributed by atoms with Gasteiger partial charge in [-0.25, -0.2) is 4.98 Å². The van der Waals surface area contributed by atoms with Gasteiger partial charge in [-0.05, 0) is 36.4 Å². The highest BCUT2D eigenvalue weighted by molar-refractivity contribution is 5.95. The minimum Gasteiger partial charge on any atom is -0.454 e. The van der Waals surface area contributed by atoms with Gasteiger partial charge in [0.15, 0.2) is 11.5 Å². The third-order valence-corrected chi connectivity index (χ3v) is 3.96. The lowest BCUT2D eigenvalue weighted by atomic mass is 10.1. The lowest BCUT2D eigenvalue weighted by molar-refractivity contribution is 0.174. The van der Waals surface area contributed by atoms with Crippen molar-refractivity contribution in [3.05, 3.63) is 24.4 Å². The van der Waals surface area contributed by atoms with Gasteiger partial charge in [0.1, 0.15) is 5.82 Å². The SMILES string of the molecule is N#CCCN(c1nccc2cc3c(cc12)OCO3)C1CC1. The molecule has 0 bridgehead atoms. The molecule has 106 valence electrons. The van der Waals surface area contributed by atoms with E-state index >= 15 is 0 Å². The van der Waals surface area contributed by atoms with Crippen LogP contribution in [0.1, 0.15) is 19.3 Å². The van der Waals surface area contributed by atoms with Crippen molar-refractivity contribution in [1.82, 2.24) is 4.98 Å². The van der Waals surface area contributed by atoms with Crippen LogP contribution < -0.4 is 14.4 Å². The Hall–Kier alpha value is -2.48. The highest BCUT2D eigenvalue weighted by atomic mass is 16.7. The number of rotatable bonds is 4. The number of pyridine rings is 1. The van der Waals surface area contributed by atoms with E-state index in [-0.39, 0.29) is 6.79 Å². The molecule has 2 aromatic rings. The van der Waals surface area contributed by atoms with Gasteiger partial charge in [-0.3, -0.25) is 0 Å². The molecule has 2 aliphatic rings. The molecule has 2 heterocycles. The van der Waals surface area contributed by atoms with Crippen molar-refractivity contribution < 1.29 is 9.47 Å². The second-order valence-corrected chi connectivity index (χ2v) is 5.39. The van der Waals surface area contributed by atoms with Gasteiger partial charge in [0.05, 0.1) is 12.5 Å². The Labute approximate surface area is 122 Å². The smallest absolute Gasteiger partial charge is 0.231 e. The maximum Gasteiger partial charge on any atom is 0.231 e. The molecule has 1 aliphatic carbocycles. The van der Waals surface area contributed by atoms with E-state index in [1.165, 1.54) is 12.8 Å². The summed E-state index contributed by atoms with van der Waals surface area (Å²) in [5.74, 6) is 2.51. The molecule has 1 fully saturated rings. The molecule has 0 unspecified atom stereocenters. The van der Waals surface area contributed by atoms with Gasteiger partial charge in [0, 0.05) is 24.2 Å². The summed E-state index contributed by atoms with van der Waals surface area (Å²) in [6.45, 7) is 0.997. The Bertz CT molecular complexity index is 734. The average molecular weight is 281 g/mol. The number of aromatic nitrogens is 1. The molecule has 1 aromatic heterocycles. The Balaban J connectivity index is 1.82. The van der Waals surface area contributed by atoms with E-state index in [1.807, 2.05) is 24.4 Å². The molecular formula is C16H15N3O2. The molecular weight excluding hydrogens is 266 g/mol. The lowest BCUT2D eigenvalue weighted by Gasteiger charge is -2.23. The van der Waals surface area contributed by atoms with E-state index < -0.39 is 0 Å². The van der Waals surface area contributed by atoms with Crippen molar-refractivity contribution in [1.29, 1.82) is 5.26 Å². The zero-order chi connectivity index (χ0) is 14.2. The highest BCUT2D eigenvalue weighted by Gasteiger charge is 2.31. The van der Waals surface area contributed by atoms with Crippen LogP contribution in [0.4, 0.5) is 5.82 Å². The third kappa shape index (κ3) is 2.13. The van der Waals surface area contributed by atoms with Gasteiger partial charge in [-0.2, -0.15) is 5.26 Å². The number of hydrogen-bond donors (Lipinski definition) is 0. The Morgan fingerprint density at radius 1 is 1.29 bits per heavy atom. The third-order valence-electron chi connectivity index (χ3n) is 3.96. The Morgan fingerprint density at radius 2 is 2.10 bits per heavy atom. The summed E-state index contributed by atoms with van der Waals surface area (Å²) in [6, 6.07) is 8.72. The number of ether oxygens (including phenoxy) is 2. The molecule has 5 heteroatoms. The summed E-state index contributed by atoms with van der Waals surface area (Å²) < 4.78 is 10.9. The molecule has 0 saturated heterocycles. The van der Waals surface area contributed by atoms with Gasteiger partial charge in [-0.1, -0.05) is 0 Å². The van der Waals surface area contributed by atoms with Crippen LogP contribution >= 0.6 is 0 Å². The van der Waals surface area contributed by atoms with Gasteiger partial charge in [-0.15, -0.1) is 0 Å². The van der Waals surface area contributed by atoms with Crippen LogP contribution in [-0.4, -0.2) is 24.4 Å². The number of anilines is 1. The highest BCUT2D eigenvalue weighted by Crippen LogP contribution is 2.40. The molecule has 5 nitrogen and oxygen atoms in total. The van der Waals surface area contributed by atoms with Crippen LogP contribution in [0.3, 0.4) is 0 Å². The molecule has 0 amide bonds. The molecule has 0 atom stereocenters. The molecule has 0 N–H and O–H groups in total. The van der Waals surface area contributed by atoms with Crippen molar-refractivity contribution in [2.45, 2.75) is 25.3 Å². The second-order valence-electron chi connectivity index (χ2n) is 5.39. The van der Waals surface area contributed by atoms with Crippen LogP contribution in [0.5, 0.6) is 11.5 Å². The predicted octanol–water partition coefficient (Wildman–Crippen LogP) is 2.85. The summed E-state index contributed by atoms with van der Waals surface area (Å²) in [5, 5.41) is 11.0. The largest absolute Gasteiger partial charge is 0.454 e. The van der Waals surface area contributed by atoms with Crippen molar-refractivity contribution in [2.24, 2.45) is 0 Å². The fourth-order valence-corrected chi connectivity index (χ4v) is 2.79. The second kappa shape index (κ2) is 4.81. The van der Waals surface area contributed by atoms with Crippen LogP contribution in [0.15, 0.2) is 24.4 Å². The number of benzene rings is 1. The molecule has 1 saturated carbocycles. The fraction of sp³-hybridized carbons (Fsp3) is 0.375. The van der Waals surface area contributed by atoms with Crippen molar-refractivity contribution in [3.8, 4) is 17.6 Å². The summed E-state index contributed by atoms with van der Waals surface area (Å²) in [5.41, 5.74) is 0. The quantitative estimate of drug-likeness (QED) is 0.862. The Kier molecular flexibility index (Phi) is 2.81. The fourth-order valence-electron chi connectivity index (χ4n) is 2.79. The van der Waals surface area contributed by atoms with E-state index in [0.717, 1.165) is 34.6 Å². The van der Waals surface area contributed by atoms with E-state index in [0.29, 0.717) is 12.5 Å². The van der Waals surface area contributed by atoms with Gasteiger partial charge >= 0.3 is 0 Å². The first kappa shape index (κ1) is 12.3. The minimum absolute atomic E-state index is 0.273. The van der Waals surface area contributed by atoms with E-state index in [1.54, 1.807) is 0 Å². The van der Waals surface area contributed by atoms with E-state index in [2.05, 4.69) is 16.0 Å². The zero-order valence-corrected chi connectivity index (χ0v) is 11.6. The van der Waals surface area contributed by atoms with Crippen LogP contribution in [0.2, 0.25) is 0 Å². The zero-order valence-electron chi connectivity index (χ0n) is 11.6. The summed E-state index contributed by atoms with van der Waals surface area (Å²) in [7, 11) is 0. The monoisotopic (exact) mass is 281 g/mol. The van der Waals surface area contributed by atoms with Crippen LogP contribution in [-0.2, 0) is 0 Å². The number of fused-ring (bicyclic) bond motifs is 2. The van der Waals surface area contributed by atoms with Gasteiger partial charge in [0.25, 0.3) is 0 Å². The van der Waals surface area contributed by atoms with Gasteiger partial charge in [0.2, 0.25) is 6.79 Å². The summed E-state index contributed by atoms with van der Waals surface area (Å²) >= 11 is 0. The van der Waals surface area contributed by atoms with Crippen molar-refractivity contribution in [3.63, 3.8) is 0 Å². The first-order chi connectivity index (χ1) is 10.4. The van der Waals surface area contributed by atoms with E-state index in [4.69, 9.17) is 14.7 Å². The molecule has 0 spiro atoms. The molecule has 21 heavy (non-hydrogen) atoms. The number of nitriles is 1. The molecule has 1 aromatic carbocycles. The van der Waals surface area contributed by atoms with Crippen LogP contribution in [0.25, 0.3) is 10.8 Å². The first-order valence-electron chi connectivity index (χ1n) is 7.19. The standard InChI is InChI=1S/C16H15N3O2/c17-5-1-7-19(12-2-3-12)16-13-9-15-14(20-10-21-15)8-11(13)4-6-18-16/h4,6,8-9,12H,1-3,7,10H2. The Morgan fingerprint density at radius 3 is 2.86 bits per heavy atom. The maximum absolute atomic E-state index is 8.87. The summed E-state index contributed by atoms with van der Waals surface area (Å²) in [4.78, 5) is 6.82.